The lowest BCUT2D eigenvalue weighted by Gasteiger charge is -2.25. The first-order valence-electron chi connectivity index (χ1n) is 6.31. The van der Waals surface area contributed by atoms with Crippen molar-refractivity contribution in [3.8, 4) is 0 Å². The van der Waals surface area contributed by atoms with E-state index in [1.165, 1.54) is 11.8 Å². The molecule has 0 radical (unpaired) electrons. The molecule has 0 aromatic heterocycles. The molecule has 0 bridgehead atoms. The van der Waals surface area contributed by atoms with E-state index in [9.17, 15) is 14.4 Å². The molecule has 0 aromatic rings. The van der Waals surface area contributed by atoms with Crippen LogP contribution in [-0.4, -0.2) is 47.9 Å². The lowest BCUT2D eigenvalue weighted by atomic mass is 10.1. The maximum Gasteiger partial charge on any atom is 0.408 e. The number of carbonyl (C=O) groups excluding carboxylic acids is 3. The number of nitrogens with zero attached hydrogens (tertiary/aromatic N) is 1. The lowest BCUT2D eigenvalue weighted by molar-refractivity contribution is -0.136. The lowest BCUT2D eigenvalue weighted by Crippen LogP contribution is -2.46. The Morgan fingerprint density at radius 1 is 1.26 bits per heavy atom. The molecule has 0 aliphatic carbocycles. The summed E-state index contributed by atoms with van der Waals surface area (Å²) >= 11 is 0. The van der Waals surface area contributed by atoms with E-state index in [2.05, 4.69) is 5.32 Å². The summed E-state index contributed by atoms with van der Waals surface area (Å²) < 4.78 is 5.01. The highest BCUT2D eigenvalue weighted by atomic mass is 16.6. The van der Waals surface area contributed by atoms with Crippen LogP contribution in [0.25, 0.3) is 0 Å². The van der Waals surface area contributed by atoms with E-state index >= 15 is 0 Å². The van der Waals surface area contributed by atoms with Crippen LogP contribution in [-0.2, 0) is 14.3 Å². The molecular formula is C13H24N2O4. The molecule has 0 saturated heterocycles. The first-order chi connectivity index (χ1) is 8.58. The van der Waals surface area contributed by atoms with Crippen molar-refractivity contribution in [1.82, 2.24) is 10.2 Å². The zero-order valence-electron chi connectivity index (χ0n) is 12.6. The summed E-state index contributed by atoms with van der Waals surface area (Å²) in [6.45, 7) is 8.31. The predicted octanol–water partition coefficient (Wildman–Crippen LogP) is 1.34. The third-order valence-electron chi connectivity index (χ3n) is 2.50. The Labute approximate surface area is 114 Å². The van der Waals surface area contributed by atoms with Gasteiger partial charge in [0.15, 0.2) is 5.78 Å². The number of ketones is 1. The van der Waals surface area contributed by atoms with Gasteiger partial charge in [-0.05, 0) is 34.1 Å². The standard InChI is InChI=1S/C13H24N2O4/c1-7-10(9(2)16)15(6)11(17)8-14-12(18)19-13(3,4)5/h10H,7-8H2,1-6H3,(H,14,18)/t10-/m0/s1. The molecule has 2 amide bonds. The highest BCUT2D eigenvalue weighted by Crippen LogP contribution is 2.06. The van der Waals surface area contributed by atoms with Gasteiger partial charge in [-0.3, -0.25) is 9.59 Å². The van der Waals surface area contributed by atoms with Crippen molar-refractivity contribution >= 4 is 17.8 Å². The monoisotopic (exact) mass is 272 g/mol. The summed E-state index contributed by atoms with van der Waals surface area (Å²) in [4.78, 5) is 35.9. The molecule has 110 valence electrons. The van der Waals surface area contributed by atoms with Crippen LogP contribution in [0.1, 0.15) is 41.0 Å². The maximum absolute atomic E-state index is 11.8. The summed E-state index contributed by atoms with van der Waals surface area (Å²) in [5, 5.41) is 2.37. The zero-order valence-corrected chi connectivity index (χ0v) is 12.6. The van der Waals surface area contributed by atoms with Gasteiger partial charge in [-0.15, -0.1) is 0 Å². The Morgan fingerprint density at radius 3 is 2.16 bits per heavy atom. The average Bonchev–Trinajstić information content (AvgIpc) is 2.23. The number of hydrogen-bond acceptors (Lipinski definition) is 4. The molecule has 19 heavy (non-hydrogen) atoms. The van der Waals surface area contributed by atoms with Crippen LogP contribution in [0.4, 0.5) is 4.79 Å². The van der Waals surface area contributed by atoms with E-state index < -0.39 is 17.7 Å². The van der Waals surface area contributed by atoms with E-state index in [1.807, 2.05) is 6.92 Å². The van der Waals surface area contributed by atoms with Crippen molar-refractivity contribution in [1.29, 1.82) is 0 Å². The predicted molar refractivity (Wildman–Crippen MR) is 71.8 cm³/mol. The minimum absolute atomic E-state index is 0.0735. The third-order valence-corrected chi connectivity index (χ3v) is 2.50. The molecule has 0 fully saturated rings. The van der Waals surface area contributed by atoms with Gasteiger partial charge in [0.2, 0.25) is 5.91 Å². The number of alkyl carbamates (subject to hydrolysis) is 1. The first-order valence-corrected chi connectivity index (χ1v) is 6.31. The minimum atomic E-state index is -0.648. The summed E-state index contributed by atoms with van der Waals surface area (Å²) in [6, 6.07) is -0.451. The van der Waals surface area contributed by atoms with Crippen LogP contribution in [0.3, 0.4) is 0 Å². The van der Waals surface area contributed by atoms with Crippen molar-refractivity contribution in [2.24, 2.45) is 0 Å². The molecule has 0 unspecified atom stereocenters. The van der Waals surface area contributed by atoms with Crippen molar-refractivity contribution in [2.45, 2.75) is 52.7 Å². The Hall–Kier alpha value is -1.59. The average molecular weight is 272 g/mol. The van der Waals surface area contributed by atoms with Gasteiger partial charge in [0.25, 0.3) is 0 Å². The number of nitrogens with one attached hydrogen (secondary N) is 1. The summed E-state index contributed by atoms with van der Waals surface area (Å²) in [7, 11) is 1.55. The Balaban J connectivity index is 4.31. The zero-order chi connectivity index (χ0) is 15.2. The molecule has 0 saturated carbocycles. The second kappa shape index (κ2) is 7.11. The number of Topliss-reactive ketones (excluding diaryl/α,β-unsaturated/α-hetero) is 1. The van der Waals surface area contributed by atoms with Gasteiger partial charge in [-0.2, -0.15) is 0 Å². The minimum Gasteiger partial charge on any atom is -0.444 e. The number of ether oxygens (including phenoxy) is 1. The van der Waals surface area contributed by atoms with Crippen molar-refractivity contribution < 1.29 is 19.1 Å². The molecule has 0 rings (SSSR count). The molecule has 0 aliphatic rings. The Bertz CT molecular complexity index is 347. The highest BCUT2D eigenvalue weighted by Gasteiger charge is 2.23. The largest absolute Gasteiger partial charge is 0.444 e. The maximum atomic E-state index is 11.8. The van der Waals surface area contributed by atoms with Crippen LogP contribution in [0.2, 0.25) is 0 Å². The number of amides is 2. The van der Waals surface area contributed by atoms with Gasteiger partial charge in [0.1, 0.15) is 12.1 Å². The summed E-state index contributed by atoms with van der Waals surface area (Å²) in [5.74, 6) is -0.400. The molecule has 0 heterocycles. The van der Waals surface area contributed by atoms with E-state index in [0.29, 0.717) is 6.42 Å². The fraction of sp³-hybridized carbons (Fsp3) is 0.769. The van der Waals surface area contributed by atoms with E-state index in [1.54, 1.807) is 27.8 Å². The number of likely N-dealkylation sites (N-methyl/N-ethyl adjacent to an activating group) is 1. The van der Waals surface area contributed by atoms with Crippen molar-refractivity contribution in [3.05, 3.63) is 0 Å². The van der Waals surface area contributed by atoms with E-state index in [4.69, 9.17) is 4.74 Å². The molecule has 0 spiro atoms. The van der Waals surface area contributed by atoms with Gasteiger partial charge < -0.3 is 15.0 Å². The van der Waals surface area contributed by atoms with Crippen LogP contribution in [0.5, 0.6) is 0 Å². The molecule has 0 aliphatic heterocycles. The smallest absolute Gasteiger partial charge is 0.408 e. The van der Waals surface area contributed by atoms with Gasteiger partial charge in [0, 0.05) is 7.05 Å². The SMILES string of the molecule is CC[C@@H](C(C)=O)N(C)C(=O)CNC(=O)OC(C)(C)C. The summed E-state index contributed by atoms with van der Waals surface area (Å²) in [6.07, 6.45) is -0.102. The fourth-order valence-corrected chi connectivity index (χ4v) is 1.59. The molecule has 1 N–H and O–H groups in total. The first kappa shape index (κ1) is 17.4. The van der Waals surface area contributed by atoms with E-state index in [0.717, 1.165) is 0 Å². The molecule has 6 heteroatoms. The van der Waals surface area contributed by atoms with Crippen LogP contribution in [0.15, 0.2) is 0 Å². The summed E-state index contributed by atoms with van der Waals surface area (Å²) in [5.41, 5.74) is -0.607. The normalized spacial score (nSPS) is 12.5. The quantitative estimate of drug-likeness (QED) is 0.819. The van der Waals surface area contributed by atoms with Crippen molar-refractivity contribution in [2.75, 3.05) is 13.6 Å². The number of carbonyl (C=O) groups is 3. The molecule has 0 aromatic carbocycles. The molecule has 1 atom stereocenters. The molecular weight excluding hydrogens is 248 g/mol. The van der Waals surface area contributed by atoms with Crippen LogP contribution in [0, 0.1) is 0 Å². The second-order valence-electron chi connectivity index (χ2n) is 5.39. The van der Waals surface area contributed by atoms with Crippen LogP contribution >= 0.6 is 0 Å². The molecule has 6 nitrogen and oxygen atoms in total. The van der Waals surface area contributed by atoms with E-state index in [-0.39, 0.29) is 18.2 Å². The van der Waals surface area contributed by atoms with Gasteiger partial charge in [-0.25, -0.2) is 4.79 Å². The fourth-order valence-electron chi connectivity index (χ4n) is 1.59. The number of rotatable bonds is 5. The van der Waals surface area contributed by atoms with Gasteiger partial charge in [0.05, 0.1) is 6.04 Å². The third kappa shape index (κ3) is 6.79. The Kier molecular flexibility index (Phi) is 6.52. The Morgan fingerprint density at radius 2 is 1.79 bits per heavy atom. The van der Waals surface area contributed by atoms with Gasteiger partial charge >= 0.3 is 6.09 Å². The second-order valence-corrected chi connectivity index (χ2v) is 5.39. The highest BCUT2D eigenvalue weighted by molar-refractivity contribution is 5.89. The number of hydrogen-bond donors (Lipinski definition) is 1. The van der Waals surface area contributed by atoms with Crippen molar-refractivity contribution in [3.63, 3.8) is 0 Å². The topological polar surface area (TPSA) is 75.7 Å². The van der Waals surface area contributed by atoms with Crippen LogP contribution < -0.4 is 5.32 Å². The van der Waals surface area contributed by atoms with Gasteiger partial charge in [-0.1, -0.05) is 6.92 Å².